The van der Waals surface area contributed by atoms with E-state index in [1.54, 1.807) is 24.8 Å². The van der Waals surface area contributed by atoms with E-state index in [0.717, 1.165) is 12.1 Å². The lowest BCUT2D eigenvalue weighted by Gasteiger charge is -2.22. The third kappa shape index (κ3) is 5.19. The maximum Gasteiger partial charge on any atom is 0.355 e. The van der Waals surface area contributed by atoms with Crippen molar-refractivity contribution in [1.82, 2.24) is 9.47 Å². The van der Waals surface area contributed by atoms with E-state index in [1.165, 1.54) is 11.3 Å². The summed E-state index contributed by atoms with van der Waals surface area (Å²) in [6, 6.07) is 3.62. The molecule has 164 valence electrons. The molecule has 0 fully saturated rings. The molecule has 0 bridgehead atoms. The van der Waals surface area contributed by atoms with Crippen LogP contribution in [0.1, 0.15) is 75.9 Å². The number of carbonyl (C=O) groups is 3. The van der Waals surface area contributed by atoms with Gasteiger partial charge in [0.25, 0.3) is 5.91 Å². The van der Waals surface area contributed by atoms with Gasteiger partial charge >= 0.3 is 5.97 Å². The van der Waals surface area contributed by atoms with Gasteiger partial charge in [0.05, 0.1) is 18.0 Å². The first kappa shape index (κ1) is 23.9. The van der Waals surface area contributed by atoms with Crippen LogP contribution in [0.15, 0.2) is 17.5 Å². The molecule has 0 saturated heterocycles. The van der Waals surface area contributed by atoms with E-state index in [-0.39, 0.29) is 24.8 Å². The van der Waals surface area contributed by atoms with Gasteiger partial charge in [-0.05, 0) is 57.0 Å². The molecular formula is C23H32N2O4S. The average molecular weight is 433 g/mol. The highest BCUT2D eigenvalue weighted by Gasteiger charge is 2.28. The molecule has 0 aliphatic heterocycles. The number of hydrogen-bond acceptors (Lipinski definition) is 5. The van der Waals surface area contributed by atoms with Crippen LogP contribution < -0.4 is 0 Å². The summed E-state index contributed by atoms with van der Waals surface area (Å²) in [5, 5.41) is 1.86. The molecule has 0 unspecified atom stereocenters. The van der Waals surface area contributed by atoms with E-state index in [1.807, 2.05) is 29.9 Å². The van der Waals surface area contributed by atoms with Gasteiger partial charge in [-0.3, -0.25) is 9.59 Å². The third-order valence-corrected chi connectivity index (χ3v) is 6.02. The van der Waals surface area contributed by atoms with E-state index in [9.17, 15) is 14.4 Å². The molecule has 0 radical (unpaired) electrons. The molecule has 0 atom stereocenters. The third-order valence-electron chi connectivity index (χ3n) is 5.16. The molecule has 2 aromatic heterocycles. The van der Waals surface area contributed by atoms with E-state index < -0.39 is 5.97 Å². The summed E-state index contributed by atoms with van der Waals surface area (Å²) >= 11 is 1.37. The number of thiophene rings is 1. The topological polar surface area (TPSA) is 68.6 Å². The first-order valence-corrected chi connectivity index (χ1v) is 11.3. The van der Waals surface area contributed by atoms with E-state index in [0.29, 0.717) is 40.7 Å². The lowest BCUT2D eigenvalue weighted by molar-refractivity contribution is 0.0512. The normalized spacial score (nSPS) is 11.0. The fourth-order valence-corrected chi connectivity index (χ4v) is 4.33. The predicted octanol–water partition coefficient (Wildman–Crippen LogP) is 4.73. The number of rotatable bonds is 10. The van der Waals surface area contributed by atoms with Gasteiger partial charge in [0.2, 0.25) is 0 Å². The Labute approximate surface area is 182 Å². The molecule has 0 aromatic carbocycles. The van der Waals surface area contributed by atoms with E-state index in [4.69, 9.17) is 4.74 Å². The van der Waals surface area contributed by atoms with Crippen LogP contribution >= 0.6 is 11.3 Å². The summed E-state index contributed by atoms with van der Waals surface area (Å²) in [7, 11) is 0. The molecule has 6 nitrogen and oxygen atoms in total. The zero-order valence-corrected chi connectivity index (χ0v) is 19.6. The fraction of sp³-hybridized carbons (Fsp3) is 0.522. The second-order valence-corrected chi connectivity index (χ2v) is 8.66. The molecular weight excluding hydrogens is 400 g/mol. The molecule has 2 aromatic rings. The number of ether oxygens (including phenoxy) is 1. The Bertz CT molecular complexity index is 897. The van der Waals surface area contributed by atoms with Gasteiger partial charge in [-0.1, -0.05) is 19.9 Å². The Kier molecular flexibility index (Phi) is 8.41. The number of hydrogen-bond donors (Lipinski definition) is 0. The lowest BCUT2D eigenvalue weighted by Crippen LogP contribution is -2.37. The number of ketones is 1. The van der Waals surface area contributed by atoms with Gasteiger partial charge in [0.15, 0.2) is 5.78 Å². The Morgan fingerprint density at radius 3 is 2.43 bits per heavy atom. The smallest absolute Gasteiger partial charge is 0.355 e. The Morgan fingerprint density at radius 1 is 1.20 bits per heavy atom. The van der Waals surface area contributed by atoms with Crippen LogP contribution in [-0.2, 0) is 11.3 Å². The molecule has 30 heavy (non-hydrogen) atoms. The van der Waals surface area contributed by atoms with Crippen molar-refractivity contribution >= 4 is 29.0 Å². The van der Waals surface area contributed by atoms with Crippen molar-refractivity contribution in [2.24, 2.45) is 5.92 Å². The predicted molar refractivity (Wildman–Crippen MR) is 120 cm³/mol. The van der Waals surface area contributed by atoms with Crippen molar-refractivity contribution in [1.29, 1.82) is 0 Å². The highest BCUT2D eigenvalue weighted by Crippen LogP contribution is 2.25. The van der Waals surface area contributed by atoms with Crippen LogP contribution in [0.3, 0.4) is 0 Å². The maximum absolute atomic E-state index is 13.3. The van der Waals surface area contributed by atoms with Crippen LogP contribution in [0.25, 0.3) is 0 Å². The molecule has 2 heterocycles. The van der Waals surface area contributed by atoms with Gasteiger partial charge in [0, 0.05) is 24.3 Å². The molecule has 0 saturated carbocycles. The maximum atomic E-state index is 13.3. The summed E-state index contributed by atoms with van der Waals surface area (Å²) in [5.41, 5.74) is 2.27. The van der Waals surface area contributed by atoms with E-state index in [2.05, 4.69) is 13.8 Å². The van der Waals surface area contributed by atoms with Crippen LogP contribution in [-0.4, -0.2) is 46.8 Å². The standard InChI is InChI=1S/C23H32N2O4S/c1-7-25-17(6)20(16(5)21(25)23(28)29-8-2)18(26)14-24(12-11-15(3)4)22(27)19-10-9-13-30-19/h9-10,13,15H,7-8,11-12,14H2,1-6H3. The number of esters is 1. The minimum absolute atomic E-state index is 0.0128. The van der Waals surface area contributed by atoms with Crippen LogP contribution in [0.4, 0.5) is 0 Å². The Hall–Kier alpha value is -2.41. The first-order chi connectivity index (χ1) is 14.2. The number of carbonyl (C=O) groups excluding carboxylic acids is 3. The second kappa shape index (κ2) is 10.6. The summed E-state index contributed by atoms with van der Waals surface area (Å²) in [6.07, 6.45) is 0.812. The van der Waals surface area contributed by atoms with E-state index >= 15 is 0 Å². The van der Waals surface area contributed by atoms with Gasteiger partial charge in [-0.25, -0.2) is 4.79 Å². The number of nitrogens with zero attached hydrogens (tertiary/aromatic N) is 2. The zero-order valence-electron chi connectivity index (χ0n) is 18.8. The second-order valence-electron chi connectivity index (χ2n) is 7.71. The summed E-state index contributed by atoms with van der Waals surface area (Å²) in [6.45, 7) is 12.8. The van der Waals surface area contributed by atoms with Crippen molar-refractivity contribution in [2.45, 2.75) is 54.5 Å². The van der Waals surface area contributed by atoms with Crippen LogP contribution in [0.5, 0.6) is 0 Å². The Balaban J connectivity index is 2.37. The number of aromatic nitrogens is 1. The Morgan fingerprint density at radius 2 is 1.90 bits per heavy atom. The van der Waals surface area contributed by atoms with Crippen LogP contribution in [0.2, 0.25) is 0 Å². The highest BCUT2D eigenvalue weighted by atomic mass is 32.1. The molecule has 1 amide bonds. The van der Waals surface area contributed by atoms with Crippen molar-refractivity contribution in [2.75, 3.05) is 19.7 Å². The fourth-order valence-electron chi connectivity index (χ4n) is 3.64. The van der Waals surface area contributed by atoms with Crippen molar-refractivity contribution < 1.29 is 19.1 Å². The van der Waals surface area contributed by atoms with Crippen molar-refractivity contribution in [3.63, 3.8) is 0 Å². The minimum atomic E-state index is -0.426. The largest absolute Gasteiger partial charge is 0.461 e. The SMILES string of the molecule is CCOC(=O)c1c(C)c(C(=O)CN(CCC(C)C)C(=O)c2cccs2)c(C)n1CC. The molecule has 0 aliphatic carbocycles. The first-order valence-electron chi connectivity index (χ1n) is 10.5. The summed E-state index contributed by atoms with van der Waals surface area (Å²) < 4.78 is 7.02. The molecule has 0 N–H and O–H groups in total. The quantitative estimate of drug-likeness (QED) is 0.402. The highest BCUT2D eigenvalue weighted by molar-refractivity contribution is 7.12. The minimum Gasteiger partial charge on any atom is -0.461 e. The molecule has 0 spiro atoms. The molecule has 0 aliphatic rings. The number of Topliss-reactive ketones (excluding diaryl/α,β-unsaturated/α-hetero) is 1. The average Bonchev–Trinajstić information content (AvgIpc) is 3.30. The van der Waals surface area contributed by atoms with Crippen LogP contribution in [0, 0.1) is 19.8 Å². The summed E-state index contributed by atoms with van der Waals surface area (Å²) in [5.74, 6) is -0.296. The van der Waals surface area contributed by atoms with Gasteiger partial charge in [-0.15, -0.1) is 11.3 Å². The molecule has 2 rings (SSSR count). The zero-order chi connectivity index (χ0) is 22.4. The number of amides is 1. The molecule has 7 heteroatoms. The van der Waals surface area contributed by atoms with Gasteiger partial charge < -0.3 is 14.2 Å². The summed E-state index contributed by atoms with van der Waals surface area (Å²) in [4.78, 5) is 41.0. The van der Waals surface area contributed by atoms with Crippen molar-refractivity contribution in [3.05, 3.63) is 44.9 Å². The lowest BCUT2D eigenvalue weighted by atomic mass is 10.0. The van der Waals surface area contributed by atoms with Crippen molar-refractivity contribution in [3.8, 4) is 0 Å². The van der Waals surface area contributed by atoms with Gasteiger partial charge in [-0.2, -0.15) is 0 Å². The van der Waals surface area contributed by atoms with Gasteiger partial charge in [0.1, 0.15) is 5.69 Å². The monoisotopic (exact) mass is 432 g/mol.